The van der Waals surface area contributed by atoms with E-state index in [2.05, 4.69) is 22.4 Å². The largest absolute Gasteiger partial charge is 0.497 e. The van der Waals surface area contributed by atoms with Crippen molar-refractivity contribution < 1.29 is 9.53 Å². The predicted octanol–water partition coefficient (Wildman–Crippen LogP) is 3.37. The van der Waals surface area contributed by atoms with E-state index in [-0.39, 0.29) is 11.9 Å². The van der Waals surface area contributed by atoms with Crippen molar-refractivity contribution >= 4 is 17.3 Å². The number of methoxy groups -OCH3 is 1. The minimum absolute atomic E-state index is 0.0898. The topological polar surface area (TPSA) is 65.4 Å². The summed E-state index contributed by atoms with van der Waals surface area (Å²) < 4.78 is 5.22. The second-order valence-electron chi connectivity index (χ2n) is 6.93. The van der Waals surface area contributed by atoms with Crippen LogP contribution in [0.1, 0.15) is 18.4 Å². The number of anilines is 2. The van der Waals surface area contributed by atoms with Gasteiger partial charge in [0.15, 0.2) is 5.41 Å². The fourth-order valence-electron chi connectivity index (χ4n) is 4.27. The second kappa shape index (κ2) is 6.38. The highest BCUT2D eigenvalue weighted by Gasteiger charge is 2.53. The first-order chi connectivity index (χ1) is 12.7. The molecule has 0 bridgehead atoms. The highest BCUT2D eigenvalue weighted by atomic mass is 16.5. The molecule has 0 spiro atoms. The van der Waals surface area contributed by atoms with Gasteiger partial charge in [0, 0.05) is 30.4 Å². The number of fused-ring (bicyclic) bond motifs is 3. The van der Waals surface area contributed by atoms with Crippen molar-refractivity contribution in [1.82, 2.24) is 0 Å². The third kappa shape index (κ3) is 2.50. The van der Waals surface area contributed by atoms with Crippen LogP contribution in [0.5, 0.6) is 5.75 Å². The summed E-state index contributed by atoms with van der Waals surface area (Å²) in [7, 11) is 1.59. The van der Waals surface area contributed by atoms with Crippen LogP contribution in [-0.4, -0.2) is 25.6 Å². The summed E-state index contributed by atoms with van der Waals surface area (Å²) in [6.45, 7) is 0.886. The fraction of sp³-hybridized carbons (Fsp3) is 0.333. The number of ether oxygens (including phenoxy) is 1. The summed E-state index contributed by atoms with van der Waals surface area (Å²) in [6, 6.07) is 17.6. The molecular weight excluding hydrogens is 326 g/mol. The van der Waals surface area contributed by atoms with E-state index in [1.165, 1.54) is 0 Å². The molecule has 4 rings (SSSR count). The van der Waals surface area contributed by atoms with E-state index < -0.39 is 5.41 Å². The van der Waals surface area contributed by atoms with Crippen LogP contribution in [0.2, 0.25) is 0 Å². The van der Waals surface area contributed by atoms with Gasteiger partial charge in [0.2, 0.25) is 5.91 Å². The number of nitrogens with one attached hydrogen (secondary N) is 1. The normalized spacial score (nSPS) is 23.5. The summed E-state index contributed by atoms with van der Waals surface area (Å²) in [5.74, 6) is 0.435. The Balaban J connectivity index is 1.70. The maximum atomic E-state index is 13.3. The summed E-state index contributed by atoms with van der Waals surface area (Å²) >= 11 is 0. The van der Waals surface area contributed by atoms with Gasteiger partial charge in [-0.3, -0.25) is 4.79 Å². The molecular formula is C21H21N3O2. The van der Waals surface area contributed by atoms with E-state index in [0.717, 1.165) is 30.6 Å². The molecule has 2 heterocycles. The van der Waals surface area contributed by atoms with Gasteiger partial charge in [-0.25, -0.2) is 0 Å². The Hall–Kier alpha value is -3.00. The molecule has 2 aliphatic rings. The maximum Gasteiger partial charge on any atom is 0.247 e. The molecule has 1 saturated heterocycles. The summed E-state index contributed by atoms with van der Waals surface area (Å²) in [6.07, 6.45) is 2.29. The van der Waals surface area contributed by atoms with Gasteiger partial charge in [0.05, 0.1) is 19.2 Å². The van der Waals surface area contributed by atoms with E-state index in [0.29, 0.717) is 17.9 Å². The molecule has 2 aromatic rings. The van der Waals surface area contributed by atoms with Crippen molar-refractivity contribution in [2.45, 2.75) is 25.3 Å². The molecule has 2 aliphatic heterocycles. The lowest BCUT2D eigenvalue weighted by atomic mass is 9.71. The Morgan fingerprint density at radius 1 is 1.31 bits per heavy atom. The summed E-state index contributed by atoms with van der Waals surface area (Å²) in [5.41, 5.74) is 1.78. The van der Waals surface area contributed by atoms with Gasteiger partial charge >= 0.3 is 0 Å². The van der Waals surface area contributed by atoms with Crippen LogP contribution in [0.4, 0.5) is 11.4 Å². The average molecular weight is 347 g/mol. The van der Waals surface area contributed by atoms with Gasteiger partial charge < -0.3 is 15.0 Å². The van der Waals surface area contributed by atoms with Gasteiger partial charge in [-0.2, -0.15) is 5.26 Å². The van der Waals surface area contributed by atoms with Crippen molar-refractivity contribution in [1.29, 1.82) is 5.26 Å². The standard InChI is InChI=1S/C21H21N3O2/c1-26-17-8-4-7-16(12-17)23-20(25)21(14-22)13-15-6-2-3-9-18(15)24-11-5-10-19(21)24/h2-4,6-9,12,19H,5,10-11,13H2,1H3,(H,23,25)/t19-,21-/m1/s1. The lowest BCUT2D eigenvalue weighted by molar-refractivity contribution is -0.123. The Morgan fingerprint density at radius 3 is 2.96 bits per heavy atom. The molecule has 132 valence electrons. The van der Waals surface area contributed by atoms with Crippen molar-refractivity contribution in [3.05, 3.63) is 54.1 Å². The molecule has 1 fully saturated rings. The Labute approximate surface area is 153 Å². The van der Waals surface area contributed by atoms with E-state index in [1.54, 1.807) is 13.2 Å². The van der Waals surface area contributed by atoms with Gasteiger partial charge in [0.25, 0.3) is 0 Å². The molecule has 5 heteroatoms. The van der Waals surface area contributed by atoms with Gasteiger partial charge in [-0.1, -0.05) is 24.3 Å². The smallest absolute Gasteiger partial charge is 0.247 e. The molecule has 0 saturated carbocycles. The number of benzene rings is 2. The minimum atomic E-state index is -1.09. The van der Waals surface area contributed by atoms with Gasteiger partial charge in [-0.05, 0) is 36.6 Å². The third-order valence-corrected chi connectivity index (χ3v) is 5.52. The molecule has 1 amide bonds. The van der Waals surface area contributed by atoms with Crippen LogP contribution in [0.3, 0.4) is 0 Å². The van der Waals surface area contributed by atoms with Crippen molar-refractivity contribution in [3.8, 4) is 11.8 Å². The number of carbonyl (C=O) groups is 1. The quantitative estimate of drug-likeness (QED) is 0.924. The lowest BCUT2D eigenvalue weighted by Gasteiger charge is -2.43. The SMILES string of the molecule is COc1cccc(NC(=O)[C@@]2(C#N)Cc3ccccc3N3CCC[C@@H]32)c1. The Morgan fingerprint density at radius 2 is 2.15 bits per heavy atom. The lowest BCUT2D eigenvalue weighted by Crippen LogP contribution is -2.55. The number of hydrogen-bond donors (Lipinski definition) is 1. The fourth-order valence-corrected chi connectivity index (χ4v) is 4.27. The highest BCUT2D eigenvalue weighted by Crippen LogP contribution is 2.46. The molecule has 0 unspecified atom stereocenters. The zero-order chi connectivity index (χ0) is 18.1. The first-order valence-corrected chi connectivity index (χ1v) is 8.89. The first-order valence-electron chi connectivity index (χ1n) is 8.89. The third-order valence-electron chi connectivity index (χ3n) is 5.52. The molecule has 0 aromatic heterocycles. The van der Waals surface area contributed by atoms with E-state index >= 15 is 0 Å². The molecule has 2 atom stereocenters. The molecule has 1 N–H and O–H groups in total. The number of rotatable bonds is 3. The zero-order valence-electron chi connectivity index (χ0n) is 14.7. The number of nitrogens with zero attached hydrogens (tertiary/aromatic N) is 2. The number of hydrogen-bond acceptors (Lipinski definition) is 4. The van der Waals surface area contributed by atoms with Crippen LogP contribution >= 0.6 is 0 Å². The molecule has 0 aliphatic carbocycles. The summed E-state index contributed by atoms with van der Waals surface area (Å²) in [4.78, 5) is 15.5. The van der Waals surface area contributed by atoms with E-state index in [1.807, 2.05) is 36.4 Å². The zero-order valence-corrected chi connectivity index (χ0v) is 14.7. The molecule has 26 heavy (non-hydrogen) atoms. The van der Waals surface area contributed by atoms with Crippen LogP contribution < -0.4 is 15.0 Å². The molecule has 2 aromatic carbocycles. The monoisotopic (exact) mass is 347 g/mol. The number of amides is 1. The average Bonchev–Trinajstić information content (AvgIpc) is 3.18. The summed E-state index contributed by atoms with van der Waals surface area (Å²) in [5, 5.41) is 13.1. The maximum absolute atomic E-state index is 13.3. The Kier molecular flexibility index (Phi) is 4.04. The minimum Gasteiger partial charge on any atom is -0.497 e. The van der Waals surface area contributed by atoms with Gasteiger partial charge in [0.1, 0.15) is 5.75 Å². The number of para-hydroxylation sites is 1. The van der Waals surface area contributed by atoms with E-state index in [9.17, 15) is 10.1 Å². The van der Waals surface area contributed by atoms with Crippen LogP contribution in [0.15, 0.2) is 48.5 Å². The van der Waals surface area contributed by atoms with Crippen molar-refractivity contribution in [2.75, 3.05) is 23.9 Å². The predicted molar refractivity (Wildman–Crippen MR) is 100 cm³/mol. The second-order valence-corrected chi connectivity index (χ2v) is 6.93. The first kappa shape index (κ1) is 16.5. The number of nitriles is 1. The van der Waals surface area contributed by atoms with Crippen LogP contribution in [0.25, 0.3) is 0 Å². The van der Waals surface area contributed by atoms with Crippen LogP contribution in [-0.2, 0) is 11.2 Å². The van der Waals surface area contributed by atoms with Crippen molar-refractivity contribution in [3.63, 3.8) is 0 Å². The van der Waals surface area contributed by atoms with Gasteiger partial charge in [-0.15, -0.1) is 0 Å². The Bertz CT molecular complexity index is 889. The molecule has 5 nitrogen and oxygen atoms in total. The van der Waals surface area contributed by atoms with Crippen molar-refractivity contribution in [2.24, 2.45) is 5.41 Å². The van der Waals surface area contributed by atoms with Crippen LogP contribution in [0, 0.1) is 16.7 Å². The molecule has 0 radical (unpaired) electrons. The highest BCUT2D eigenvalue weighted by molar-refractivity contribution is 5.99. The number of carbonyl (C=O) groups excluding carboxylic acids is 1. The van der Waals surface area contributed by atoms with E-state index in [4.69, 9.17) is 4.74 Å².